The second-order valence-electron chi connectivity index (χ2n) is 6.43. The maximum atomic E-state index is 12.7. The molecule has 1 aliphatic heterocycles. The molecule has 1 aromatic carbocycles. The van der Waals surface area contributed by atoms with Crippen molar-refractivity contribution < 1.29 is 19.4 Å². The minimum atomic E-state index is -0.888. The number of carboxylic acid groups (broad SMARTS) is 1. The van der Waals surface area contributed by atoms with Crippen LogP contribution in [0.2, 0.25) is 0 Å². The standard InChI is InChI=1S/C17H21NO4/c1-11-5-6-12(9-13(11)22-2)15(19)18-10-17(7-3-4-8-17)14(18)16(20)21/h5-6,9,14H,3-4,7-8,10H2,1-2H3,(H,20,21)/t14-/m1/s1. The maximum Gasteiger partial charge on any atom is 0.327 e. The molecule has 1 aromatic rings. The zero-order chi connectivity index (χ0) is 15.9. The van der Waals surface area contributed by atoms with Crippen molar-refractivity contribution in [1.29, 1.82) is 0 Å². The van der Waals surface area contributed by atoms with Crippen LogP contribution in [0.15, 0.2) is 18.2 Å². The van der Waals surface area contributed by atoms with E-state index in [9.17, 15) is 14.7 Å². The average molecular weight is 303 g/mol. The van der Waals surface area contributed by atoms with Crippen LogP contribution in [0.5, 0.6) is 5.75 Å². The number of amides is 1. The van der Waals surface area contributed by atoms with E-state index in [2.05, 4.69) is 0 Å². The Labute approximate surface area is 129 Å². The topological polar surface area (TPSA) is 66.8 Å². The van der Waals surface area contributed by atoms with Gasteiger partial charge in [-0.15, -0.1) is 0 Å². The molecule has 1 amide bonds. The number of benzene rings is 1. The van der Waals surface area contributed by atoms with Gasteiger partial charge in [-0.05, 0) is 37.5 Å². The van der Waals surface area contributed by atoms with Gasteiger partial charge in [0.2, 0.25) is 0 Å². The van der Waals surface area contributed by atoms with Gasteiger partial charge in [0.1, 0.15) is 11.8 Å². The smallest absolute Gasteiger partial charge is 0.327 e. The number of carbonyl (C=O) groups is 2. The van der Waals surface area contributed by atoms with Crippen LogP contribution in [0.4, 0.5) is 0 Å². The Morgan fingerprint density at radius 3 is 2.59 bits per heavy atom. The van der Waals surface area contributed by atoms with Gasteiger partial charge in [0.25, 0.3) is 5.91 Å². The highest BCUT2D eigenvalue weighted by Crippen LogP contribution is 2.51. The lowest BCUT2D eigenvalue weighted by molar-refractivity contribution is -0.159. The summed E-state index contributed by atoms with van der Waals surface area (Å²) in [5.74, 6) is -0.461. The number of carboxylic acids is 1. The third kappa shape index (κ3) is 2.16. The largest absolute Gasteiger partial charge is 0.496 e. The molecule has 0 bridgehead atoms. The van der Waals surface area contributed by atoms with Gasteiger partial charge >= 0.3 is 5.97 Å². The van der Waals surface area contributed by atoms with Crippen LogP contribution < -0.4 is 4.74 Å². The van der Waals surface area contributed by atoms with E-state index in [0.717, 1.165) is 31.2 Å². The number of methoxy groups -OCH3 is 1. The van der Waals surface area contributed by atoms with E-state index in [1.165, 1.54) is 4.90 Å². The summed E-state index contributed by atoms with van der Waals surface area (Å²) in [5.41, 5.74) is 1.24. The van der Waals surface area contributed by atoms with Crippen LogP contribution in [-0.4, -0.2) is 41.6 Å². The molecule has 22 heavy (non-hydrogen) atoms. The van der Waals surface area contributed by atoms with Crippen LogP contribution in [0, 0.1) is 12.3 Å². The van der Waals surface area contributed by atoms with Crippen molar-refractivity contribution in [3.8, 4) is 5.75 Å². The second-order valence-corrected chi connectivity index (χ2v) is 6.43. The highest BCUT2D eigenvalue weighted by Gasteiger charge is 2.59. The van der Waals surface area contributed by atoms with E-state index in [-0.39, 0.29) is 11.3 Å². The van der Waals surface area contributed by atoms with E-state index in [4.69, 9.17) is 4.74 Å². The van der Waals surface area contributed by atoms with E-state index >= 15 is 0 Å². The number of aryl methyl sites for hydroxylation is 1. The fourth-order valence-electron chi connectivity index (χ4n) is 3.95. The normalized spacial score (nSPS) is 22.5. The summed E-state index contributed by atoms with van der Waals surface area (Å²) < 4.78 is 5.25. The summed E-state index contributed by atoms with van der Waals surface area (Å²) in [5, 5.41) is 9.55. The van der Waals surface area contributed by atoms with Crippen LogP contribution in [-0.2, 0) is 4.79 Å². The van der Waals surface area contributed by atoms with Gasteiger partial charge in [-0.1, -0.05) is 18.9 Å². The van der Waals surface area contributed by atoms with Crippen molar-refractivity contribution in [2.45, 2.75) is 38.6 Å². The van der Waals surface area contributed by atoms with Gasteiger partial charge in [0.05, 0.1) is 7.11 Å². The highest BCUT2D eigenvalue weighted by molar-refractivity contribution is 5.98. The third-order valence-electron chi connectivity index (χ3n) is 5.13. The molecule has 2 aliphatic rings. The fourth-order valence-corrected chi connectivity index (χ4v) is 3.95. The molecule has 3 rings (SSSR count). The summed E-state index contributed by atoms with van der Waals surface area (Å²) >= 11 is 0. The molecule has 5 nitrogen and oxygen atoms in total. The van der Waals surface area contributed by atoms with Crippen molar-refractivity contribution in [2.75, 3.05) is 13.7 Å². The summed E-state index contributed by atoms with van der Waals surface area (Å²) in [6.07, 6.45) is 3.93. The number of nitrogens with zero attached hydrogens (tertiary/aromatic N) is 1. The van der Waals surface area contributed by atoms with Crippen LogP contribution in [0.1, 0.15) is 41.6 Å². The number of carbonyl (C=O) groups excluding carboxylic acids is 1. The molecule has 1 heterocycles. The van der Waals surface area contributed by atoms with Gasteiger partial charge in [-0.3, -0.25) is 4.79 Å². The van der Waals surface area contributed by atoms with Gasteiger partial charge in [-0.2, -0.15) is 0 Å². The first kappa shape index (κ1) is 14.9. The highest BCUT2D eigenvalue weighted by atomic mass is 16.5. The molecular weight excluding hydrogens is 282 g/mol. The SMILES string of the molecule is COc1cc(C(=O)N2CC3(CCCC3)[C@H]2C(=O)O)ccc1C. The van der Waals surface area contributed by atoms with Gasteiger partial charge in [-0.25, -0.2) is 4.79 Å². The molecule has 2 fully saturated rings. The Hall–Kier alpha value is -2.04. The number of aliphatic carboxylic acids is 1. The first-order valence-corrected chi connectivity index (χ1v) is 7.67. The molecule has 1 saturated heterocycles. The van der Waals surface area contributed by atoms with E-state index in [1.54, 1.807) is 19.2 Å². The lowest BCUT2D eigenvalue weighted by atomic mass is 9.69. The minimum absolute atomic E-state index is 0.198. The van der Waals surface area contributed by atoms with Gasteiger partial charge < -0.3 is 14.7 Å². The number of likely N-dealkylation sites (tertiary alicyclic amines) is 1. The van der Waals surface area contributed by atoms with Crippen molar-refractivity contribution >= 4 is 11.9 Å². The number of hydrogen-bond acceptors (Lipinski definition) is 3. The first-order chi connectivity index (χ1) is 10.5. The monoisotopic (exact) mass is 303 g/mol. The summed E-state index contributed by atoms with van der Waals surface area (Å²) in [7, 11) is 1.56. The number of hydrogen-bond donors (Lipinski definition) is 1. The van der Waals surface area contributed by atoms with Gasteiger partial charge in [0, 0.05) is 17.5 Å². The summed E-state index contributed by atoms with van der Waals surface area (Å²) in [6.45, 7) is 2.46. The third-order valence-corrected chi connectivity index (χ3v) is 5.13. The Kier molecular flexibility index (Phi) is 3.59. The Bertz CT molecular complexity index is 619. The van der Waals surface area contributed by atoms with Crippen LogP contribution in [0.25, 0.3) is 0 Å². The molecule has 1 spiro atoms. The quantitative estimate of drug-likeness (QED) is 0.931. The average Bonchev–Trinajstić information content (AvgIpc) is 2.95. The molecule has 1 saturated carbocycles. The Morgan fingerprint density at radius 1 is 1.32 bits per heavy atom. The predicted molar refractivity (Wildman–Crippen MR) is 81.1 cm³/mol. The Morgan fingerprint density at radius 2 is 2.00 bits per heavy atom. The van der Waals surface area contributed by atoms with E-state index in [0.29, 0.717) is 17.9 Å². The zero-order valence-electron chi connectivity index (χ0n) is 13.0. The molecule has 0 unspecified atom stereocenters. The first-order valence-electron chi connectivity index (χ1n) is 7.67. The van der Waals surface area contributed by atoms with Crippen LogP contribution in [0.3, 0.4) is 0 Å². The lowest BCUT2D eigenvalue weighted by Gasteiger charge is -2.53. The summed E-state index contributed by atoms with van der Waals surface area (Å²) in [6, 6.07) is 4.57. The predicted octanol–water partition coefficient (Wildman–Crippen LogP) is 2.47. The van der Waals surface area contributed by atoms with Crippen LogP contribution >= 0.6 is 0 Å². The zero-order valence-corrected chi connectivity index (χ0v) is 13.0. The molecule has 1 atom stereocenters. The fraction of sp³-hybridized carbons (Fsp3) is 0.529. The Balaban J connectivity index is 1.85. The molecule has 5 heteroatoms. The maximum absolute atomic E-state index is 12.7. The number of ether oxygens (including phenoxy) is 1. The molecule has 118 valence electrons. The lowest BCUT2D eigenvalue weighted by Crippen LogP contribution is -2.68. The van der Waals surface area contributed by atoms with E-state index < -0.39 is 12.0 Å². The van der Waals surface area contributed by atoms with Gasteiger partial charge in [0.15, 0.2) is 0 Å². The second kappa shape index (κ2) is 5.30. The van der Waals surface area contributed by atoms with Crippen molar-refractivity contribution in [3.63, 3.8) is 0 Å². The molecule has 1 N–H and O–H groups in total. The molecule has 1 aliphatic carbocycles. The molecule has 0 radical (unpaired) electrons. The molecular formula is C17H21NO4. The summed E-state index contributed by atoms with van der Waals surface area (Å²) in [4.78, 5) is 25.8. The van der Waals surface area contributed by atoms with Crippen molar-refractivity contribution in [1.82, 2.24) is 4.90 Å². The number of rotatable bonds is 3. The molecule has 0 aromatic heterocycles. The van der Waals surface area contributed by atoms with Crippen molar-refractivity contribution in [3.05, 3.63) is 29.3 Å². The van der Waals surface area contributed by atoms with Crippen molar-refractivity contribution in [2.24, 2.45) is 5.41 Å². The van der Waals surface area contributed by atoms with E-state index in [1.807, 2.05) is 13.0 Å². The minimum Gasteiger partial charge on any atom is -0.496 e.